The molecule has 0 spiro atoms. The van der Waals surface area contributed by atoms with Gasteiger partial charge in [-0.2, -0.15) is 0 Å². The molecule has 116 valence electrons. The summed E-state index contributed by atoms with van der Waals surface area (Å²) < 4.78 is 0. The fraction of sp³-hybridized carbons (Fsp3) is 0.429. The first-order chi connectivity index (χ1) is 9.33. The molecule has 1 fully saturated rings. The van der Waals surface area contributed by atoms with E-state index in [2.05, 4.69) is 20.6 Å². The van der Waals surface area contributed by atoms with Crippen LogP contribution < -0.4 is 10.6 Å². The van der Waals surface area contributed by atoms with Crippen LogP contribution in [0.1, 0.15) is 23.2 Å². The summed E-state index contributed by atoms with van der Waals surface area (Å²) >= 11 is 0. The Hall–Kier alpha value is -1.30. The van der Waals surface area contributed by atoms with Gasteiger partial charge in [-0.15, -0.1) is 24.8 Å². The Labute approximate surface area is 136 Å². The molecule has 3 N–H and O–H groups in total. The number of fused-ring (bicyclic) bond motifs is 1. The lowest BCUT2D eigenvalue weighted by atomic mass is 9.98. The van der Waals surface area contributed by atoms with Gasteiger partial charge in [-0.25, -0.2) is 4.98 Å². The normalized spacial score (nSPS) is 15.0. The van der Waals surface area contributed by atoms with Gasteiger partial charge in [0.2, 0.25) is 0 Å². The second kappa shape index (κ2) is 8.22. The number of aromatic nitrogens is 2. The maximum Gasteiger partial charge on any atom is 0.251 e. The number of carbonyl (C=O) groups is 1. The maximum absolute atomic E-state index is 12.1. The van der Waals surface area contributed by atoms with Crippen molar-refractivity contribution in [1.29, 1.82) is 0 Å². The first kappa shape index (κ1) is 17.8. The van der Waals surface area contributed by atoms with Gasteiger partial charge in [0.1, 0.15) is 0 Å². The molecule has 1 aliphatic heterocycles. The van der Waals surface area contributed by atoms with E-state index in [1.807, 2.05) is 18.2 Å². The fourth-order valence-corrected chi connectivity index (χ4v) is 2.50. The summed E-state index contributed by atoms with van der Waals surface area (Å²) in [7, 11) is 0. The number of imidazole rings is 1. The monoisotopic (exact) mass is 330 g/mol. The summed E-state index contributed by atoms with van der Waals surface area (Å²) in [5, 5.41) is 6.35. The smallest absolute Gasteiger partial charge is 0.251 e. The number of amides is 1. The van der Waals surface area contributed by atoms with Gasteiger partial charge in [0.05, 0.1) is 17.4 Å². The minimum absolute atomic E-state index is 0. The molecular formula is C14H20Cl2N4O. The van der Waals surface area contributed by atoms with Crippen molar-refractivity contribution >= 4 is 41.8 Å². The number of carbonyl (C=O) groups excluding carboxylic acids is 1. The Morgan fingerprint density at radius 2 is 2.05 bits per heavy atom. The molecule has 1 amide bonds. The molecular weight excluding hydrogens is 311 g/mol. The number of H-pyrrole nitrogens is 1. The average molecular weight is 331 g/mol. The van der Waals surface area contributed by atoms with Crippen LogP contribution in [0.25, 0.3) is 11.0 Å². The molecule has 0 atom stereocenters. The van der Waals surface area contributed by atoms with E-state index in [4.69, 9.17) is 0 Å². The zero-order chi connectivity index (χ0) is 13.1. The van der Waals surface area contributed by atoms with Crippen LogP contribution in [-0.4, -0.2) is 35.5 Å². The number of nitrogens with one attached hydrogen (secondary N) is 3. The van der Waals surface area contributed by atoms with Crippen LogP contribution in [0.4, 0.5) is 0 Å². The van der Waals surface area contributed by atoms with Crippen molar-refractivity contribution in [2.75, 3.05) is 19.6 Å². The lowest BCUT2D eigenvalue weighted by Crippen LogP contribution is -2.35. The topological polar surface area (TPSA) is 69.8 Å². The molecule has 1 aromatic carbocycles. The van der Waals surface area contributed by atoms with E-state index in [9.17, 15) is 4.79 Å². The summed E-state index contributed by atoms with van der Waals surface area (Å²) in [6, 6.07) is 5.53. The van der Waals surface area contributed by atoms with Crippen LogP contribution in [0.2, 0.25) is 0 Å². The number of nitrogens with zero attached hydrogens (tertiary/aromatic N) is 1. The van der Waals surface area contributed by atoms with Crippen molar-refractivity contribution in [1.82, 2.24) is 20.6 Å². The number of piperidine rings is 1. The number of rotatable bonds is 3. The molecule has 1 aromatic heterocycles. The summed E-state index contributed by atoms with van der Waals surface area (Å²) in [4.78, 5) is 19.3. The summed E-state index contributed by atoms with van der Waals surface area (Å²) in [6.45, 7) is 2.88. The second-order valence-corrected chi connectivity index (χ2v) is 5.04. The second-order valence-electron chi connectivity index (χ2n) is 5.04. The van der Waals surface area contributed by atoms with Gasteiger partial charge in [0.15, 0.2) is 0 Å². The van der Waals surface area contributed by atoms with E-state index in [0.29, 0.717) is 11.5 Å². The molecule has 1 aliphatic rings. The minimum Gasteiger partial charge on any atom is -0.352 e. The van der Waals surface area contributed by atoms with Crippen molar-refractivity contribution in [2.24, 2.45) is 5.92 Å². The molecule has 7 heteroatoms. The predicted octanol–water partition coefficient (Wildman–Crippen LogP) is 2.14. The van der Waals surface area contributed by atoms with Gasteiger partial charge in [0.25, 0.3) is 5.91 Å². The van der Waals surface area contributed by atoms with Crippen molar-refractivity contribution < 1.29 is 4.79 Å². The molecule has 21 heavy (non-hydrogen) atoms. The Bertz CT molecular complexity index is 581. The standard InChI is InChI=1S/C14H18N4O.2ClH/c19-14(16-8-10-3-5-15-6-4-10)11-1-2-12-13(7-11)18-9-17-12;;/h1-2,7,9-10,15H,3-6,8H2,(H,16,19)(H,17,18);2*1H. The summed E-state index contributed by atoms with van der Waals surface area (Å²) in [6.07, 6.45) is 3.92. The van der Waals surface area contributed by atoms with E-state index in [-0.39, 0.29) is 30.7 Å². The molecule has 3 rings (SSSR count). The SMILES string of the molecule is Cl.Cl.O=C(NCC1CCNCC1)c1ccc2nc[nH]c2c1. The first-order valence-corrected chi connectivity index (χ1v) is 6.75. The van der Waals surface area contributed by atoms with Crippen molar-refractivity contribution in [3.63, 3.8) is 0 Å². The zero-order valence-corrected chi connectivity index (χ0v) is 13.2. The average Bonchev–Trinajstić information content (AvgIpc) is 2.93. The number of aromatic amines is 1. The third-order valence-corrected chi connectivity index (χ3v) is 3.69. The number of benzene rings is 1. The van der Waals surface area contributed by atoms with E-state index in [1.54, 1.807) is 6.33 Å². The minimum atomic E-state index is -0.00460. The van der Waals surface area contributed by atoms with E-state index < -0.39 is 0 Å². The molecule has 0 radical (unpaired) electrons. The van der Waals surface area contributed by atoms with Gasteiger partial charge >= 0.3 is 0 Å². The van der Waals surface area contributed by atoms with Gasteiger partial charge in [-0.1, -0.05) is 0 Å². The van der Waals surface area contributed by atoms with E-state index in [0.717, 1.165) is 43.5 Å². The van der Waals surface area contributed by atoms with Crippen molar-refractivity contribution in [3.8, 4) is 0 Å². The largest absolute Gasteiger partial charge is 0.352 e. The number of halogens is 2. The third kappa shape index (κ3) is 4.33. The number of hydrogen-bond acceptors (Lipinski definition) is 3. The molecule has 0 unspecified atom stereocenters. The van der Waals surface area contributed by atoms with Crippen molar-refractivity contribution in [3.05, 3.63) is 30.1 Å². The summed E-state index contributed by atoms with van der Waals surface area (Å²) in [5.74, 6) is 0.594. The number of hydrogen-bond donors (Lipinski definition) is 3. The Morgan fingerprint density at radius 3 is 2.81 bits per heavy atom. The first-order valence-electron chi connectivity index (χ1n) is 6.75. The highest BCUT2D eigenvalue weighted by atomic mass is 35.5. The molecule has 2 heterocycles. The molecule has 0 bridgehead atoms. The summed E-state index contributed by atoms with van der Waals surface area (Å²) in [5.41, 5.74) is 2.47. The van der Waals surface area contributed by atoms with Crippen LogP contribution in [0.3, 0.4) is 0 Å². The highest BCUT2D eigenvalue weighted by Crippen LogP contribution is 2.13. The zero-order valence-electron chi connectivity index (χ0n) is 11.6. The highest BCUT2D eigenvalue weighted by molar-refractivity contribution is 5.97. The predicted molar refractivity (Wildman–Crippen MR) is 88.5 cm³/mol. The molecule has 5 nitrogen and oxygen atoms in total. The van der Waals surface area contributed by atoms with E-state index in [1.165, 1.54) is 0 Å². The van der Waals surface area contributed by atoms with E-state index >= 15 is 0 Å². The molecule has 0 aliphatic carbocycles. The molecule has 2 aromatic rings. The maximum atomic E-state index is 12.1. The van der Waals surface area contributed by atoms with Gasteiger partial charge in [-0.3, -0.25) is 4.79 Å². The Kier molecular flexibility index (Phi) is 6.95. The highest BCUT2D eigenvalue weighted by Gasteiger charge is 2.14. The van der Waals surface area contributed by atoms with Crippen LogP contribution in [-0.2, 0) is 0 Å². The van der Waals surface area contributed by atoms with Gasteiger partial charge in [-0.05, 0) is 50.0 Å². The van der Waals surface area contributed by atoms with Crippen LogP contribution >= 0.6 is 24.8 Å². The van der Waals surface area contributed by atoms with Crippen LogP contribution in [0.5, 0.6) is 0 Å². The van der Waals surface area contributed by atoms with Gasteiger partial charge in [0, 0.05) is 12.1 Å². The van der Waals surface area contributed by atoms with Gasteiger partial charge < -0.3 is 15.6 Å². The van der Waals surface area contributed by atoms with Crippen molar-refractivity contribution in [2.45, 2.75) is 12.8 Å². The Balaban J connectivity index is 0.00000110. The molecule has 0 saturated carbocycles. The van der Waals surface area contributed by atoms with Crippen LogP contribution in [0, 0.1) is 5.92 Å². The lowest BCUT2D eigenvalue weighted by Gasteiger charge is -2.22. The quantitative estimate of drug-likeness (QED) is 0.807. The van der Waals surface area contributed by atoms with Crippen LogP contribution in [0.15, 0.2) is 24.5 Å². The third-order valence-electron chi connectivity index (χ3n) is 3.69. The lowest BCUT2D eigenvalue weighted by molar-refractivity contribution is 0.0944. The fourth-order valence-electron chi connectivity index (χ4n) is 2.50. The Morgan fingerprint density at radius 1 is 1.29 bits per heavy atom. The molecule has 1 saturated heterocycles.